The van der Waals surface area contributed by atoms with E-state index in [2.05, 4.69) is 0 Å². The molecule has 0 atom stereocenters. The normalized spacial score (nSPS) is 10.4. The van der Waals surface area contributed by atoms with Gasteiger partial charge in [0.1, 0.15) is 23.0 Å². The minimum absolute atomic E-state index is 0.0599. The summed E-state index contributed by atoms with van der Waals surface area (Å²) >= 11 is 0. The van der Waals surface area contributed by atoms with Crippen molar-refractivity contribution in [1.29, 1.82) is 0 Å². The predicted octanol–water partition coefficient (Wildman–Crippen LogP) is 4.65. The van der Waals surface area contributed by atoms with E-state index in [-0.39, 0.29) is 5.91 Å². The number of ether oxygens (including phenoxy) is 1. The zero-order valence-electron chi connectivity index (χ0n) is 13.7. The molecule has 0 unspecified atom stereocenters. The van der Waals surface area contributed by atoms with Gasteiger partial charge in [0.05, 0.1) is 6.54 Å². The summed E-state index contributed by atoms with van der Waals surface area (Å²) in [5.74, 6) is 3.01. The van der Waals surface area contributed by atoms with Crippen LogP contribution in [0.15, 0.2) is 71.1 Å². The van der Waals surface area contributed by atoms with E-state index in [0.717, 1.165) is 17.3 Å². The highest BCUT2D eigenvalue weighted by Crippen LogP contribution is 2.21. The quantitative estimate of drug-likeness (QED) is 0.687. The third kappa shape index (κ3) is 3.84. The maximum atomic E-state index is 12.5. The van der Waals surface area contributed by atoms with E-state index in [1.54, 1.807) is 36.2 Å². The summed E-state index contributed by atoms with van der Waals surface area (Å²) in [6, 6.07) is 20.4. The van der Waals surface area contributed by atoms with E-state index in [1.165, 1.54) is 0 Å². The van der Waals surface area contributed by atoms with Crippen molar-refractivity contribution in [2.75, 3.05) is 7.05 Å². The number of nitrogens with zero attached hydrogens (tertiary/aromatic N) is 1. The highest BCUT2D eigenvalue weighted by molar-refractivity contribution is 5.94. The van der Waals surface area contributed by atoms with Crippen LogP contribution in [0.4, 0.5) is 0 Å². The number of carbonyl (C=O) groups excluding carboxylic acids is 1. The van der Waals surface area contributed by atoms with Crippen molar-refractivity contribution in [3.05, 3.63) is 83.8 Å². The Morgan fingerprint density at radius 3 is 2.25 bits per heavy atom. The van der Waals surface area contributed by atoms with E-state index in [4.69, 9.17) is 9.15 Å². The molecule has 122 valence electrons. The molecule has 0 N–H and O–H groups in total. The molecule has 1 heterocycles. The Balaban J connectivity index is 1.65. The second-order valence-corrected chi connectivity index (χ2v) is 5.61. The molecule has 0 saturated carbocycles. The molecule has 0 aliphatic heterocycles. The number of benzene rings is 2. The highest BCUT2D eigenvalue weighted by Gasteiger charge is 2.13. The number of aryl methyl sites for hydroxylation is 1. The maximum Gasteiger partial charge on any atom is 0.254 e. The summed E-state index contributed by atoms with van der Waals surface area (Å²) in [6.45, 7) is 2.33. The molecule has 0 spiro atoms. The van der Waals surface area contributed by atoms with Gasteiger partial charge in [-0.3, -0.25) is 4.79 Å². The third-order valence-corrected chi connectivity index (χ3v) is 3.62. The summed E-state index contributed by atoms with van der Waals surface area (Å²) in [6.07, 6.45) is 0. The first-order valence-electron chi connectivity index (χ1n) is 7.75. The van der Waals surface area contributed by atoms with Crippen molar-refractivity contribution >= 4 is 5.91 Å². The SMILES string of the molecule is Cc1ccc(CN(C)C(=O)c2ccc(Oc3ccccc3)cc2)o1. The van der Waals surface area contributed by atoms with Gasteiger partial charge in [0.25, 0.3) is 5.91 Å². The Labute approximate surface area is 141 Å². The van der Waals surface area contributed by atoms with Crippen LogP contribution in [0.5, 0.6) is 11.5 Å². The molecule has 0 aliphatic rings. The second-order valence-electron chi connectivity index (χ2n) is 5.61. The molecular weight excluding hydrogens is 302 g/mol. The third-order valence-electron chi connectivity index (χ3n) is 3.62. The standard InChI is InChI=1S/C20H19NO3/c1-15-8-11-19(23-15)14-21(2)20(22)16-9-12-18(13-10-16)24-17-6-4-3-5-7-17/h3-13H,14H2,1-2H3. The lowest BCUT2D eigenvalue weighted by Crippen LogP contribution is -2.25. The number of para-hydroxylation sites is 1. The van der Waals surface area contributed by atoms with Crippen LogP contribution in [0.1, 0.15) is 21.9 Å². The van der Waals surface area contributed by atoms with Crippen LogP contribution in [0, 0.1) is 6.92 Å². The van der Waals surface area contributed by atoms with Crippen LogP contribution >= 0.6 is 0 Å². The fourth-order valence-corrected chi connectivity index (χ4v) is 2.39. The first kappa shape index (κ1) is 15.9. The molecule has 0 bridgehead atoms. The zero-order valence-corrected chi connectivity index (χ0v) is 13.7. The molecule has 3 aromatic rings. The van der Waals surface area contributed by atoms with E-state index >= 15 is 0 Å². The topological polar surface area (TPSA) is 42.7 Å². The van der Waals surface area contributed by atoms with Crippen molar-refractivity contribution in [2.45, 2.75) is 13.5 Å². The molecule has 4 nitrogen and oxygen atoms in total. The molecule has 24 heavy (non-hydrogen) atoms. The number of furan rings is 1. The molecule has 0 saturated heterocycles. The fourth-order valence-electron chi connectivity index (χ4n) is 2.39. The van der Waals surface area contributed by atoms with E-state index in [9.17, 15) is 4.79 Å². The Kier molecular flexibility index (Phi) is 4.66. The number of rotatable bonds is 5. The van der Waals surface area contributed by atoms with Crippen LogP contribution in [0.3, 0.4) is 0 Å². The lowest BCUT2D eigenvalue weighted by Gasteiger charge is -2.16. The van der Waals surface area contributed by atoms with Crippen molar-refractivity contribution in [1.82, 2.24) is 4.90 Å². The highest BCUT2D eigenvalue weighted by atomic mass is 16.5. The van der Waals surface area contributed by atoms with Gasteiger partial charge < -0.3 is 14.1 Å². The number of hydrogen-bond donors (Lipinski definition) is 0. The van der Waals surface area contributed by atoms with Gasteiger partial charge in [-0.1, -0.05) is 18.2 Å². The van der Waals surface area contributed by atoms with Gasteiger partial charge in [-0.15, -0.1) is 0 Å². The molecule has 1 amide bonds. The predicted molar refractivity (Wildman–Crippen MR) is 92.2 cm³/mol. The molecular formula is C20H19NO3. The lowest BCUT2D eigenvalue weighted by molar-refractivity contribution is 0.0775. The molecule has 0 radical (unpaired) electrons. The summed E-state index contributed by atoms with van der Waals surface area (Å²) in [7, 11) is 1.76. The molecule has 1 aromatic heterocycles. The van der Waals surface area contributed by atoms with Crippen LogP contribution in [0.2, 0.25) is 0 Å². The van der Waals surface area contributed by atoms with Crippen molar-refractivity contribution in [3.8, 4) is 11.5 Å². The average Bonchev–Trinajstić information content (AvgIpc) is 3.00. The van der Waals surface area contributed by atoms with Gasteiger partial charge in [-0.2, -0.15) is 0 Å². The summed E-state index contributed by atoms with van der Waals surface area (Å²) < 4.78 is 11.2. The summed E-state index contributed by atoms with van der Waals surface area (Å²) in [4.78, 5) is 14.1. The first-order chi connectivity index (χ1) is 11.6. The molecule has 0 aliphatic carbocycles. The molecule has 3 rings (SSSR count). The zero-order chi connectivity index (χ0) is 16.9. The van der Waals surface area contributed by atoms with E-state index < -0.39 is 0 Å². The van der Waals surface area contributed by atoms with Gasteiger partial charge in [0.15, 0.2) is 0 Å². The summed E-state index contributed by atoms with van der Waals surface area (Å²) in [5, 5.41) is 0. The number of hydrogen-bond acceptors (Lipinski definition) is 3. The summed E-state index contributed by atoms with van der Waals surface area (Å²) in [5.41, 5.74) is 0.612. The molecule has 2 aromatic carbocycles. The minimum atomic E-state index is -0.0599. The second kappa shape index (κ2) is 7.04. The maximum absolute atomic E-state index is 12.5. The van der Waals surface area contributed by atoms with Crippen LogP contribution in [0.25, 0.3) is 0 Å². The molecule has 4 heteroatoms. The Morgan fingerprint density at radius 1 is 0.958 bits per heavy atom. The lowest BCUT2D eigenvalue weighted by atomic mass is 10.2. The smallest absolute Gasteiger partial charge is 0.254 e. The van der Waals surface area contributed by atoms with Gasteiger partial charge in [-0.05, 0) is 55.5 Å². The number of carbonyl (C=O) groups is 1. The van der Waals surface area contributed by atoms with Gasteiger partial charge >= 0.3 is 0 Å². The van der Waals surface area contributed by atoms with Gasteiger partial charge in [-0.25, -0.2) is 0 Å². The first-order valence-corrected chi connectivity index (χ1v) is 7.75. The van der Waals surface area contributed by atoms with Crippen molar-refractivity contribution < 1.29 is 13.9 Å². The van der Waals surface area contributed by atoms with Crippen LogP contribution in [-0.2, 0) is 6.54 Å². The fraction of sp³-hybridized carbons (Fsp3) is 0.150. The van der Waals surface area contributed by atoms with Gasteiger partial charge in [0.2, 0.25) is 0 Å². The van der Waals surface area contributed by atoms with E-state index in [0.29, 0.717) is 17.9 Å². The van der Waals surface area contributed by atoms with Crippen LogP contribution < -0.4 is 4.74 Å². The number of amides is 1. The Hall–Kier alpha value is -3.01. The Bertz CT molecular complexity index is 806. The van der Waals surface area contributed by atoms with Crippen LogP contribution in [-0.4, -0.2) is 17.9 Å². The largest absolute Gasteiger partial charge is 0.464 e. The van der Waals surface area contributed by atoms with Crippen molar-refractivity contribution in [3.63, 3.8) is 0 Å². The van der Waals surface area contributed by atoms with Gasteiger partial charge in [0, 0.05) is 12.6 Å². The minimum Gasteiger partial charge on any atom is -0.464 e. The van der Waals surface area contributed by atoms with Crippen molar-refractivity contribution in [2.24, 2.45) is 0 Å². The average molecular weight is 321 g/mol. The molecule has 0 fully saturated rings. The Morgan fingerprint density at radius 2 is 1.62 bits per heavy atom. The van der Waals surface area contributed by atoms with E-state index in [1.807, 2.05) is 49.4 Å². The monoisotopic (exact) mass is 321 g/mol.